The lowest BCUT2D eigenvalue weighted by atomic mass is 9.60. The van der Waals surface area contributed by atoms with Crippen LogP contribution in [0, 0.1) is 11.8 Å². The predicted octanol–water partition coefficient (Wildman–Crippen LogP) is 10.3. The molecule has 222 valence electrons. The van der Waals surface area contributed by atoms with Crippen molar-refractivity contribution in [1.82, 2.24) is 0 Å². The maximum Gasteiger partial charge on any atom is 0.155 e. The van der Waals surface area contributed by atoms with E-state index in [0.717, 1.165) is 17.1 Å². The van der Waals surface area contributed by atoms with E-state index in [-0.39, 0.29) is 23.3 Å². The second-order valence-corrected chi connectivity index (χ2v) is 13.2. The lowest BCUT2D eigenvalue weighted by Gasteiger charge is -2.42. The van der Waals surface area contributed by atoms with Gasteiger partial charge in [0.1, 0.15) is 0 Å². The van der Waals surface area contributed by atoms with E-state index in [1.807, 2.05) is 0 Å². The highest BCUT2D eigenvalue weighted by Crippen LogP contribution is 2.67. The summed E-state index contributed by atoms with van der Waals surface area (Å²) in [6.45, 7) is 0. The standard InChI is InChI=1S/C45H32N2/c1-2-13-29(14-3-1)30-25-27-32(28-26-30)44-46-42(36-21-12-16-31-15-4-5-17-33(31)36)41-43(47-44)37-20-8-11-24-40(37)45(41)38-22-9-6-18-34(38)35-19-7-10-23-39(35)45/h1-28,34,38,41,43H. The maximum atomic E-state index is 5.65. The van der Waals surface area contributed by atoms with Crippen LogP contribution in [0.4, 0.5) is 0 Å². The van der Waals surface area contributed by atoms with Crippen molar-refractivity contribution in [2.24, 2.45) is 21.8 Å². The number of fused-ring (bicyclic) bond motifs is 11. The summed E-state index contributed by atoms with van der Waals surface area (Å²) in [5, 5.41) is 2.47. The molecule has 1 spiro atoms. The number of benzene rings is 6. The molecule has 3 aliphatic carbocycles. The highest BCUT2D eigenvalue weighted by atomic mass is 15.0. The predicted molar refractivity (Wildman–Crippen MR) is 193 cm³/mol. The van der Waals surface area contributed by atoms with E-state index < -0.39 is 0 Å². The maximum absolute atomic E-state index is 5.65. The molecule has 0 radical (unpaired) electrons. The van der Waals surface area contributed by atoms with Gasteiger partial charge in [0.05, 0.1) is 11.8 Å². The zero-order chi connectivity index (χ0) is 31.0. The summed E-state index contributed by atoms with van der Waals surface area (Å²) in [6, 6.07) is 53.0. The van der Waals surface area contributed by atoms with Gasteiger partial charge in [-0.3, -0.25) is 4.99 Å². The van der Waals surface area contributed by atoms with Crippen molar-refractivity contribution in [3.8, 4) is 11.1 Å². The van der Waals surface area contributed by atoms with Crippen LogP contribution in [0.3, 0.4) is 0 Å². The number of hydrogen-bond acceptors (Lipinski definition) is 2. The van der Waals surface area contributed by atoms with Gasteiger partial charge in [0.25, 0.3) is 0 Å². The van der Waals surface area contributed by atoms with E-state index in [1.165, 1.54) is 49.7 Å². The molecular formula is C45H32N2. The highest BCUT2D eigenvalue weighted by Gasteiger charge is 2.64. The van der Waals surface area contributed by atoms with E-state index in [0.29, 0.717) is 5.92 Å². The van der Waals surface area contributed by atoms with Crippen LogP contribution in [0.5, 0.6) is 0 Å². The molecule has 0 saturated carbocycles. The molecule has 5 unspecified atom stereocenters. The molecule has 0 fully saturated rings. The SMILES string of the molecule is C1=CC2c3ccccc3C3(c4ccccc4C4N=C(c5ccc(-c6ccccc6)cc5)N=C(c5cccc6ccccc56)C43)C2C=C1. The van der Waals surface area contributed by atoms with E-state index in [1.54, 1.807) is 0 Å². The normalized spacial score (nSPS) is 24.8. The third-order valence-corrected chi connectivity index (χ3v) is 11.1. The summed E-state index contributed by atoms with van der Waals surface area (Å²) in [4.78, 5) is 11.3. The number of hydrogen-bond donors (Lipinski definition) is 0. The minimum absolute atomic E-state index is 0.0327. The van der Waals surface area contributed by atoms with Gasteiger partial charge in [-0.05, 0) is 44.2 Å². The summed E-state index contributed by atoms with van der Waals surface area (Å²) in [5.41, 5.74) is 11.1. The number of nitrogens with zero attached hydrogens (tertiary/aromatic N) is 2. The molecule has 0 amide bonds. The van der Waals surface area contributed by atoms with Crippen molar-refractivity contribution in [2.45, 2.75) is 17.4 Å². The third kappa shape index (κ3) is 3.73. The molecule has 0 aromatic heterocycles. The van der Waals surface area contributed by atoms with Gasteiger partial charge in [0, 0.05) is 34.3 Å². The fraction of sp³-hybridized carbons (Fsp3) is 0.111. The quantitative estimate of drug-likeness (QED) is 0.193. The topological polar surface area (TPSA) is 24.7 Å². The first kappa shape index (κ1) is 26.6. The van der Waals surface area contributed by atoms with Gasteiger partial charge in [-0.15, -0.1) is 0 Å². The largest absolute Gasteiger partial charge is 0.257 e. The van der Waals surface area contributed by atoms with Crippen LogP contribution in [0.25, 0.3) is 21.9 Å². The Labute approximate surface area is 275 Å². The van der Waals surface area contributed by atoms with Crippen LogP contribution in [-0.4, -0.2) is 11.5 Å². The lowest BCUT2D eigenvalue weighted by molar-refractivity contribution is 0.316. The van der Waals surface area contributed by atoms with Crippen LogP contribution in [0.15, 0.2) is 180 Å². The van der Waals surface area contributed by atoms with Crippen molar-refractivity contribution in [3.63, 3.8) is 0 Å². The average Bonchev–Trinajstić information content (AvgIpc) is 3.62. The second kappa shape index (κ2) is 10.2. The number of aliphatic imine (C=N–C) groups is 2. The van der Waals surface area contributed by atoms with Crippen LogP contribution in [-0.2, 0) is 5.41 Å². The molecule has 0 N–H and O–H groups in total. The van der Waals surface area contributed by atoms with E-state index >= 15 is 0 Å². The van der Waals surface area contributed by atoms with Crippen molar-refractivity contribution < 1.29 is 0 Å². The van der Waals surface area contributed by atoms with E-state index in [9.17, 15) is 0 Å². The monoisotopic (exact) mass is 600 g/mol. The molecule has 5 atom stereocenters. The number of amidine groups is 1. The zero-order valence-corrected chi connectivity index (χ0v) is 25.9. The lowest BCUT2D eigenvalue weighted by Crippen LogP contribution is -2.44. The third-order valence-electron chi connectivity index (χ3n) is 11.1. The van der Waals surface area contributed by atoms with Crippen LogP contribution in [0.1, 0.15) is 45.3 Å². The molecule has 1 heterocycles. The van der Waals surface area contributed by atoms with Gasteiger partial charge < -0.3 is 0 Å². The first-order valence-corrected chi connectivity index (χ1v) is 16.7. The molecule has 0 bridgehead atoms. The smallest absolute Gasteiger partial charge is 0.155 e. The molecule has 2 nitrogen and oxygen atoms in total. The molecule has 0 saturated heterocycles. The molecule has 1 aliphatic heterocycles. The fourth-order valence-corrected chi connectivity index (χ4v) is 9.22. The van der Waals surface area contributed by atoms with Crippen LogP contribution in [0.2, 0.25) is 0 Å². The van der Waals surface area contributed by atoms with E-state index in [2.05, 4.69) is 170 Å². The van der Waals surface area contributed by atoms with Crippen molar-refractivity contribution in [3.05, 3.63) is 203 Å². The summed E-state index contributed by atoms with van der Waals surface area (Å²) >= 11 is 0. The Morgan fingerprint density at radius 2 is 1.15 bits per heavy atom. The van der Waals surface area contributed by atoms with E-state index in [4.69, 9.17) is 9.98 Å². The molecule has 47 heavy (non-hydrogen) atoms. The average molecular weight is 601 g/mol. The first-order chi connectivity index (χ1) is 23.3. The minimum Gasteiger partial charge on any atom is -0.257 e. The van der Waals surface area contributed by atoms with Crippen molar-refractivity contribution in [2.75, 3.05) is 0 Å². The number of rotatable bonds is 3. The summed E-state index contributed by atoms with van der Waals surface area (Å²) in [6.07, 6.45) is 9.36. The van der Waals surface area contributed by atoms with Gasteiger partial charge in [-0.1, -0.05) is 170 Å². The molecular weight excluding hydrogens is 569 g/mol. The van der Waals surface area contributed by atoms with Crippen LogP contribution < -0.4 is 0 Å². The zero-order valence-electron chi connectivity index (χ0n) is 25.9. The van der Waals surface area contributed by atoms with Crippen LogP contribution >= 0.6 is 0 Å². The highest BCUT2D eigenvalue weighted by molar-refractivity contribution is 6.20. The molecule has 2 heteroatoms. The minimum atomic E-state index is -0.300. The Morgan fingerprint density at radius 3 is 2.00 bits per heavy atom. The Hall–Kier alpha value is -5.60. The summed E-state index contributed by atoms with van der Waals surface area (Å²) in [5.74, 6) is 1.42. The second-order valence-electron chi connectivity index (χ2n) is 13.2. The first-order valence-electron chi connectivity index (χ1n) is 16.7. The van der Waals surface area contributed by atoms with Gasteiger partial charge >= 0.3 is 0 Å². The molecule has 4 aliphatic rings. The number of allylic oxidation sites excluding steroid dienone is 4. The van der Waals surface area contributed by atoms with Crippen molar-refractivity contribution in [1.29, 1.82) is 0 Å². The molecule has 6 aromatic carbocycles. The summed E-state index contributed by atoms with van der Waals surface area (Å²) < 4.78 is 0. The Morgan fingerprint density at radius 1 is 0.511 bits per heavy atom. The summed E-state index contributed by atoms with van der Waals surface area (Å²) in [7, 11) is 0. The van der Waals surface area contributed by atoms with Gasteiger partial charge in [0.2, 0.25) is 0 Å². The molecule has 10 rings (SSSR count). The van der Waals surface area contributed by atoms with Gasteiger partial charge in [-0.25, -0.2) is 4.99 Å². The molecule has 6 aromatic rings. The Bertz CT molecular complexity index is 2320. The Balaban J connectivity index is 1.24. The Kier molecular flexibility index (Phi) is 5.77. The van der Waals surface area contributed by atoms with Crippen molar-refractivity contribution >= 4 is 22.3 Å². The van der Waals surface area contributed by atoms with Gasteiger partial charge in [0.15, 0.2) is 5.84 Å². The van der Waals surface area contributed by atoms with Gasteiger partial charge in [-0.2, -0.15) is 0 Å². The fourth-order valence-electron chi connectivity index (χ4n) is 9.22.